The van der Waals surface area contributed by atoms with Crippen LogP contribution in [0.15, 0.2) is 18.2 Å². The van der Waals surface area contributed by atoms with E-state index in [-0.39, 0.29) is 5.95 Å². The van der Waals surface area contributed by atoms with Crippen LogP contribution in [0.3, 0.4) is 0 Å². The van der Waals surface area contributed by atoms with Crippen molar-refractivity contribution in [2.24, 2.45) is 5.41 Å². The molecule has 3 heterocycles. The zero-order valence-electron chi connectivity index (χ0n) is 23.3. The molecule has 2 fully saturated rings. The Bertz CT molecular complexity index is 1210. The molecule has 2 aromatic heterocycles. The summed E-state index contributed by atoms with van der Waals surface area (Å²) < 4.78 is 7.51. The van der Waals surface area contributed by atoms with Crippen molar-refractivity contribution in [2.45, 2.75) is 71.5 Å². The first-order valence-corrected chi connectivity index (χ1v) is 13.7. The number of nitrogens with one attached hydrogen (secondary N) is 1. The number of aromatic nitrogens is 4. The molecule has 38 heavy (non-hydrogen) atoms. The number of nitrogens with two attached hydrogens (primary N) is 2. The van der Waals surface area contributed by atoms with Crippen LogP contribution < -0.4 is 21.5 Å². The molecule has 10 heteroatoms. The molecule has 10 nitrogen and oxygen atoms in total. The van der Waals surface area contributed by atoms with Crippen molar-refractivity contribution < 1.29 is 9.84 Å². The second-order valence-electron chi connectivity index (χ2n) is 11.0. The Morgan fingerprint density at radius 1 is 1.16 bits per heavy atom. The predicted molar refractivity (Wildman–Crippen MR) is 152 cm³/mol. The summed E-state index contributed by atoms with van der Waals surface area (Å²) in [6.45, 7) is 8.27. The number of hydrogen-bond acceptors (Lipinski definition) is 9. The molecule has 1 aliphatic heterocycles. The van der Waals surface area contributed by atoms with Crippen LogP contribution in [-0.4, -0.2) is 69.7 Å². The summed E-state index contributed by atoms with van der Waals surface area (Å²) in [5.74, 6) is 1.32. The normalized spacial score (nSPS) is 16.7. The lowest BCUT2D eigenvalue weighted by Gasteiger charge is -2.58. The van der Waals surface area contributed by atoms with Gasteiger partial charge in [0, 0.05) is 37.8 Å². The van der Waals surface area contributed by atoms with Gasteiger partial charge in [0.25, 0.3) is 0 Å². The van der Waals surface area contributed by atoms with E-state index in [4.69, 9.17) is 21.3 Å². The van der Waals surface area contributed by atoms with Crippen molar-refractivity contribution in [3.63, 3.8) is 0 Å². The number of unbranched alkanes of at least 4 members (excludes halogenated alkanes) is 3. The van der Waals surface area contributed by atoms with E-state index >= 15 is 0 Å². The van der Waals surface area contributed by atoms with Gasteiger partial charge in [0.1, 0.15) is 16.8 Å². The SMILES string of the molecule is CCCCCCO.COc1cc(CNC2CC3(C2)CN(C)C3)ccc1Cn1nc(C)c2nc(N)nc(N)c21. The summed E-state index contributed by atoms with van der Waals surface area (Å²) in [6, 6.07) is 6.96. The van der Waals surface area contributed by atoms with Gasteiger partial charge >= 0.3 is 0 Å². The minimum absolute atomic E-state index is 0.156. The summed E-state index contributed by atoms with van der Waals surface area (Å²) in [4.78, 5) is 10.8. The molecule has 1 aliphatic carbocycles. The van der Waals surface area contributed by atoms with Gasteiger partial charge in [-0.15, -0.1) is 0 Å². The molecule has 0 unspecified atom stereocenters. The largest absolute Gasteiger partial charge is 0.496 e. The molecule has 0 atom stereocenters. The van der Waals surface area contributed by atoms with E-state index in [9.17, 15) is 0 Å². The van der Waals surface area contributed by atoms with E-state index in [2.05, 4.69) is 57.5 Å². The minimum Gasteiger partial charge on any atom is -0.496 e. The van der Waals surface area contributed by atoms with Crippen molar-refractivity contribution in [1.82, 2.24) is 30.0 Å². The Morgan fingerprint density at radius 2 is 1.92 bits per heavy atom. The average Bonchev–Trinajstić information content (AvgIpc) is 3.16. The van der Waals surface area contributed by atoms with Gasteiger partial charge in [0.2, 0.25) is 5.95 Å². The van der Waals surface area contributed by atoms with E-state index in [0.717, 1.165) is 30.0 Å². The topological polar surface area (TPSA) is 140 Å². The van der Waals surface area contributed by atoms with Crippen LogP contribution in [0, 0.1) is 12.3 Å². The number of anilines is 2. The third-order valence-corrected chi connectivity index (χ3v) is 7.65. The van der Waals surface area contributed by atoms with Crippen LogP contribution in [0.5, 0.6) is 5.75 Å². The van der Waals surface area contributed by atoms with E-state index in [1.165, 1.54) is 50.8 Å². The van der Waals surface area contributed by atoms with Crippen molar-refractivity contribution in [3.05, 3.63) is 35.0 Å². The molecule has 2 aliphatic rings. The van der Waals surface area contributed by atoms with Gasteiger partial charge in [-0.25, -0.2) is 4.98 Å². The molecule has 0 bridgehead atoms. The molecule has 0 amide bonds. The maximum absolute atomic E-state index is 8.29. The lowest BCUT2D eigenvalue weighted by atomic mass is 9.61. The standard InChI is InChI=1S/C22H30N8O.C6H14O/c1-13-18-19(20(23)27-21(24)26-18)30(28-13)10-15-5-4-14(6-17(15)31-3)9-25-16-7-22(8-16)11-29(2)12-22;1-2-3-4-5-6-7/h4-6,16,25H,7-12H2,1-3H3,(H4,23,24,26,27);7H,2-6H2,1H3. The Kier molecular flexibility index (Phi) is 9.07. The molecular formula is C28H44N8O2. The number of nitrogens with zero attached hydrogens (tertiary/aromatic N) is 5. The van der Waals surface area contributed by atoms with Crippen LogP contribution in [0.25, 0.3) is 11.0 Å². The Hall–Kier alpha value is -2.95. The molecular weight excluding hydrogens is 480 g/mol. The van der Waals surface area contributed by atoms with E-state index in [1.54, 1.807) is 7.11 Å². The maximum Gasteiger partial charge on any atom is 0.222 e. The number of benzene rings is 1. The number of aryl methyl sites for hydroxylation is 1. The molecule has 0 radical (unpaired) electrons. The van der Waals surface area contributed by atoms with Crippen LogP contribution in [-0.2, 0) is 13.1 Å². The van der Waals surface area contributed by atoms with Crippen molar-refractivity contribution in [2.75, 3.05) is 45.3 Å². The van der Waals surface area contributed by atoms with Gasteiger partial charge in [0.05, 0.1) is 19.3 Å². The number of aliphatic hydroxyl groups excluding tert-OH is 1. The molecule has 5 rings (SSSR count). The minimum atomic E-state index is 0.156. The fourth-order valence-electron chi connectivity index (χ4n) is 5.87. The monoisotopic (exact) mass is 524 g/mol. The highest BCUT2D eigenvalue weighted by molar-refractivity contribution is 5.87. The summed E-state index contributed by atoms with van der Waals surface area (Å²) in [6.07, 6.45) is 7.25. The first-order chi connectivity index (χ1) is 18.3. The van der Waals surface area contributed by atoms with Gasteiger partial charge in [-0.3, -0.25) is 4.68 Å². The third-order valence-electron chi connectivity index (χ3n) is 7.65. The smallest absolute Gasteiger partial charge is 0.222 e. The lowest BCUT2D eigenvalue weighted by molar-refractivity contribution is -0.0651. The first kappa shape index (κ1) is 28.1. The summed E-state index contributed by atoms with van der Waals surface area (Å²) in [7, 11) is 3.90. The first-order valence-electron chi connectivity index (χ1n) is 13.7. The van der Waals surface area contributed by atoms with Crippen LogP contribution in [0.2, 0.25) is 0 Å². The van der Waals surface area contributed by atoms with E-state index in [1.807, 2.05) is 11.6 Å². The quantitative estimate of drug-likeness (QED) is 0.294. The van der Waals surface area contributed by atoms with E-state index in [0.29, 0.717) is 41.5 Å². The van der Waals surface area contributed by atoms with Crippen LogP contribution in [0.4, 0.5) is 11.8 Å². The average molecular weight is 525 g/mol. The lowest BCUT2D eigenvalue weighted by Crippen LogP contribution is -2.64. The summed E-state index contributed by atoms with van der Waals surface area (Å²) in [5, 5.41) is 16.6. The third kappa shape index (κ3) is 6.36. The fraction of sp³-hybridized carbons (Fsp3) is 0.607. The molecule has 3 aromatic rings. The maximum atomic E-state index is 8.29. The predicted octanol–water partition coefficient (Wildman–Crippen LogP) is 3.10. The molecule has 208 valence electrons. The molecule has 1 saturated heterocycles. The van der Waals surface area contributed by atoms with Gasteiger partial charge in [-0.2, -0.15) is 10.1 Å². The number of fused-ring (bicyclic) bond motifs is 1. The fourth-order valence-corrected chi connectivity index (χ4v) is 5.87. The summed E-state index contributed by atoms with van der Waals surface area (Å²) in [5.41, 5.74) is 16.8. The highest BCUT2D eigenvalue weighted by atomic mass is 16.5. The van der Waals surface area contributed by atoms with Gasteiger partial charge in [0.15, 0.2) is 5.82 Å². The number of rotatable bonds is 10. The van der Waals surface area contributed by atoms with Crippen molar-refractivity contribution in [3.8, 4) is 5.75 Å². The molecule has 1 aromatic carbocycles. The van der Waals surface area contributed by atoms with Crippen molar-refractivity contribution in [1.29, 1.82) is 0 Å². The zero-order chi connectivity index (χ0) is 27.3. The molecule has 6 N–H and O–H groups in total. The zero-order valence-corrected chi connectivity index (χ0v) is 23.3. The number of hydrogen-bond donors (Lipinski definition) is 4. The molecule has 1 saturated carbocycles. The van der Waals surface area contributed by atoms with Crippen molar-refractivity contribution >= 4 is 22.8 Å². The van der Waals surface area contributed by atoms with Gasteiger partial charge in [-0.05, 0) is 50.3 Å². The molecule has 1 spiro atoms. The highest BCUT2D eigenvalue weighted by Crippen LogP contribution is 2.47. The van der Waals surface area contributed by atoms with Crippen LogP contribution in [0.1, 0.15) is 62.3 Å². The summed E-state index contributed by atoms with van der Waals surface area (Å²) >= 11 is 0. The second kappa shape index (κ2) is 12.3. The van der Waals surface area contributed by atoms with Gasteiger partial charge < -0.3 is 31.5 Å². The second-order valence-corrected chi connectivity index (χ2v) is 11.0. The Morgan fingerprint density at radius 3 is 2.58 bits per heavy atom. The Labute approximate surface area is 225 Å². The number of ether oxygens (including phenoxy) is 1. The number of methoxy groups -OCH3 is 1. The van der Waals surface area contributed by atoms with Gasteiger partial charge in [-0.1, -0.05) is 38.3 Å². The van der Waals surface area contributed by atoms with Crippen LogP contribution >= 0.6 is 0 Å². The highest BCUT2D eigenvalue weighted by Gasteiger charge is 2.50. The number of nitrogen functional groups attached to an aromatic ring is 2. The van der Waals surface area contributed by atoms with E-state index < -0.39 is 0 Å². The Balaban J connectivity index is 0.000000426. The number of likely N-dealkylation sites (tertiary alicyclic amines) is 1. The number of aliphatic hydroxyl groups is 1.